The van der Waals surface area contributed by atoms with E-state index in [4.69, 9.17) is 23.2 Å². The van der Waals surface area contributed by atoms with Gasteiger partial charge in [-0.1, -0.05) is 46.3 Å². The molecular formula is C15H12BrCl2F. The number of alkyl halides is 2. The van der Waals surface area contributed by atoms with Crippen molar-refractivity contribution in [2.75, 3.05) is 0 Å². The molecule has 2 aromatic rings. The van der Waals surface area contributed by atoms with Gasteiger partial charge in [0, 0.05) is 4.47 Å². The topological polar surface area (TPSA) is 0 Å². The Morgan fingerprint density at radius 3 is 2.21 bits per heavy atom. The fourth-order valence-corrected chi connectivity index (χ4v) is 3.32. The molecule has 0 heterocycles. The molecule has 0 bridgehead atoms. The summed E-state index contributed by atoms with van der Waals surface area (Å²) in [6.45, 7) is 0. The molecule has 0 saturated heterocycles. The van der Waals surface area contributed by atoms with Gasteiger partial charge in [-0.2, -0.15) is 0 Å². The molecule has 0 saturated carbocycles. The average Bonchev–Trinajstić information content (AvgIpc) is 2.39. The van der Waals surface area contributed by atoms with Crippen LogP contribution in [0.3, 0.4) is 0 Å². The second kappa shape index (κ2) is 6.74. The molecule has 2 rings (SSSR count). The van der Waals surface area contributed by atoms with Crippen LogP contribution in [0.1, 0.15) is 28.3 Å². The lowest BCUT2D eigenvalue weighted by Crippen LogP contribution is -1.98. The van der Waals surface area contributed by atoms with Crippen molar-refractivity contribution >= 4 is 39.1 Å². The maximum absolute atomic E-state index is 12.9. The fourth-order valence-electron chi connectivity index (χ4n) is 1.85. The lowest BCUT2D eigenvalue weighted by atomic mass is 10.0. The Morgan fingerprint density at radius 2 is 1.58 bits per heavy atom. The third-order valence-electron chi connectivity index (χ3n) is 2.89. The van der Waals surface area contributed by atoms with E-state index in [-0.39, 0.29) is 16.6 Å². The monoisotopic (exact) mass is 360 g/mol. The summed E-state index contributed by atoms with van der Waals surface area (Å²) in [5.74, 6) is -0.263. The van der Waals surface area contributed by atoms with Gasteiger partial charge in [-0.05, 0) is 35.7 Å². The lowest BCUT2D eigenvalue weighted by molar-refractivity contribution is 0.626. The van der Waals surface area contributed by atoms with Crippen LogP contribution in [0.25, 0.3) is 0 Å². The maximum atomic E-state index is 12.9. The Labute approximate surface area is 130 Å². The van der Waals surface area contributed by atoms with Crippen molar-refractivity contribution in [3.05, 3.63) is 69.9 Å². The molecule has 0 spiro atoms. The van der Waals surface area contributed by atoms with E-state index in [0.29, 0.717) is 6.42 Å². The summed E-state index contributed by atoms with van der Waals surface area (Å²) in [7, 11) is 0. The summed E-state index contributed by atoms with van der Waals surface area (Å²) in [5.41, 5.74) is 1.89. The van der Waals surface area contributed by atoms with Gasteiger partial charge in [0.2, 0.25) is 0 Å². The summed E-state index contributed by atoms with van der Waals surface area (Å²) in [4.78, 5) is 0. The second-order valence-electron chi connectivity index (χ2n) is 4.24. The molecule has 0 nitrogen and oxygen atoms in total. The molecule has 0 aliphatic rings. The minimum Gasteiger partial charge on any atom is -0.207 e. The van der Waals surface area contributed by atoms with Crippen molar-refractivity contribution in [2.45, 2.75) is 17.2 Å². The second-order valence-corrected chi connectivity index (χ2v) is 6.15. The van der Waals surface area contributed by atoms with E-state index in [9.17, 15) is 4.39 Å². The summed E-state index contributed by atoms with van der Waals surface area (Å²) in [6, 6.07) is 14.0. The molecule has 2 unspecified atom stereocenters. The molecule has 0 amide bonds. The highest BCUT2D eigenvalue weighted by Gasteiger charge is 2.17. The highest BCUT2D eigenvalue weighted by molar-refractivity contribution is 9.10. The minimum atomic E-state index is -0.263. The van der Waals surface area contributed by atoms with Gasteiger partial charge in [0.1, 0.15) is 5.82 Å². The van der Waals surface area contributed by atoms with Gasteiger partial charge in [-0.15, -0.1) is 23.2 Å². The predicted octanol–water partition coefficient (Wildman–Crippen LogP) is 6.24. The zero-order chi connectivity index (χ0) is 13.8. The van der Waals surface area contributed by atoms with Crippen molar-refractivity contribution < 1.29 is 4.39 Å². The van der Waals surface area contributed by atoms with Gasteiger partial charge >= 0.3 is 0 Å². The Kier molecular flexibility index (Phi) is 5.26. The van der Waals surface area contributed by atoms with Gasteiger partial charge in [-0.3, -0.25) is 0 Å². The molecule has 4 heteroatoms. The van der Waals surface area contributed by atoms with Gasteiger partial charge in [0.25, 0.3) is 0 Å². The SMILES string of the molecule is Fc1ccc(C(Cl)CC(Cl)c2ccccc2Br)cc1. The van der Waals surface area contributed by atoms with E-state index in [1.165, 1.54) is 12.1 Å². The Bertz CT molecular complexity index is 542. The van der Waals surface area contributed by atoms with Crippen LogP contribution >= 0.6 is 39.1 Å². The molecule has 0 radical (unpaired) electrons. The zero-order valence-electron chi connectivity index (χ0n) is 9.99. The molecule has 0 aliphatic carbocycles. The first kappa shape index (κ1) is 14.8. The fraction of sp³-hybridized carbons (Fsp3) is 0.200. The van der Waals surface area contributed by atoms with Gasteiger partial charge in [0.15, 0.2) is 0 Å². The Morgan fingerprint density at radius 1 is 0.947 bits per heavy atom. The number of halogens is 4. The van der Waals surface area contributed by atoms with Gasteiger partial charge < -0.3 is 0 Å². The van der Waals surface area contributed by atoms with Crippen LogP contribution in [0.15, 0.2) is 53.0 Å². The molecule has 0 aliphatic heterocycles. The Hall–Kier alpha value is -0.570. The molecule has 2 aromatic carbocycles. The quantitative estimate of drug-likeness (QED) is 0.565. The van der Waals surface area contributed by atoms with E-state index < -0.39 is 0 Å². The summed E-state index contributed by atoms with van der Waals surface area (Å²) < 4.78 is 13.8. The van der Waals surface area contributed by atoms with Crippen LogP contribution in [0, 0.1) is 5.82 Å². The molecule has 100 valence electrons. The largest absolute Gasteiger partial charge is 0.207 e. The smallest absolute Gasteiger partial charge is 0.123 e. The van der Waals surface area contributed by atoms with Crippen molar-refractivity contribution in [1.82, 2.24) is 0 Å². The van der Waals surface area contributed by atoms with Crippen molar-refractivity contribution in [1.29, 1.82) is 0 Å². The predicted molar refractivity (Wildman–Crippen MR) is 82.3 cm³/mol. The number of hydrogen-bond acceptors (Lipinski definition) is 0. The lowest BCUT2D eigenvalue weighted by Gasteiger charge is -2.16. The van der Waals surface area contributed by atoms with Crippen molar-refractivity contribution in [3.8, 4) is 0 Å². The standard InChI is InChI=1S/C15H12BrCl2F/c16-13-4-2-1-3-12(13)15(18)9-14(17)10-5-7-11(19)8-6-10/h1-8,14-15H,9H2. The number of rotatable bonds is 4. The number of benzene rings is 2. The average molecular weight is 362 g/mol. The first-order valence-corrected chi connectivity index (χ1v) is 7.52. The van der Waals surface area contributed by atoms with Crippen LogP contribution in [0.4, 0.5) is 4.39 Å². The van der Waals surface area contributed by atoms with E-state index >= 15 is 0 Å². The first-order valence-electron chi connectivity index (χ1n) is 5.86. The van der Waals surface area contributed by atoms with Crippen molar-refractivity contribution in [3.63, 3.8) is 0 Å². The summed E-state index contributed by atoms with van der Waals surface area (Å²) >= 11 is 16.2. The van der Waals surface area contributed by atoms with Crippen LogP contribution in [0.5, 0.6) is 0 Å². The van der Waals surface area contributed by atoms with E-state index in [0.717, 1.165) is 15.6 Å². The van der Waals surface area contributed by atoms with Crippen molar-refractivity contribution in [2.24, 2.45) is 0 Å². The molecule has 2 atom stereocenters. The highest BCUT2D eigenvalue weighted by atomic mass is 79.9. The zero-order valence-corrected chi connectivity index (χ0v) is 13.1. The molecule has 0 aromatic heterocycles. The third-order valence-corrected chi connectivity index (χ3v) is 4.45. The highest BCUT2D eigenvalue weighted by Crippen LogP contribution is 2.37. The van der Waals surface area contributed by atoms with Crippen LogP contribution in [-0.4, -0.2) is 0 Å². The van der Waals surface area contributed by atoms with Gasteiger partial charge in [-0.25, -0.2) is 4.39 Å². The molecular weight excluding hydrogens is 350 g/mol. The normalized spacial score (nSPS) is 14.1. The van der Waals surface area contributed by atoms with Crippen LogP contribution in [-0.2, 0) is 0 Å². The third kappa shape index (κ3) is 3.95. The van der Waals surface area contributed by atoms with Crippen LogP contribution < -0.4 is 0 Å². The van der Waals surface area contributed by atoms with Gasteiger partial charge in [0.05, 0.1) is 10.8 Å². The molecule has 0 fully saturated rings. The summed E-state index contributed by atoms with van der Waals surface area (Å²) in [6.07, 6.45) is 0.581. The molecule has 0 N–H and O–H groups in total. The maximum Gasteiger partial charge on any atom is 0.123 e. The first-order chi connectivity index (χ1) is 9.08. The van der Waals surface area contributed by atoms with Crippen LogP contribution in [0.2, 0.25) is 0 Å². The minimum absolute atomic E-state index is 0.192. The summed E-state index contributed by atoms with van der Waals surface area (Å²) in [5, 5.41) is -0.432. The number of hydrogen-bond donors (Lipinski definition) is 0. The van der Waals surface area contributed by atoms with E-state index in [2.05, 4.69) is 15.9 Å². The Balaban J connectivity index is 2.08. The molecule has 19 heavy (non-hydrogen) atoms. The van der Waals surface area contributed by atoms with E-state index in [1.807, 2.05) is 24.3 Å². The van der Waals surface area contributed by atoms with E-state index in [1.54, 1.807) is 12.1 Å².